The Kier molecular flexibility index (Phi) is 96.5. The highest BCUT2D eigenvalue weighted by molar-refractivity contribution is 6.46. The molecule has 0 radical (unpaired) electrons. The molecule has 0 fully saturated rings. The largest absolute Gasteiger partial charge is 0.462 e. The number of carbonyl (C=O) groups excluding carboxylic acids is 15. The quantitative estimate of drug-likeness (QED) is 0.0117. The van der Waals surface area contributed by atoms with E-state index in [2.05, 4.69) is 60.5 Å². The number of esters is 10. The maximum atomic E-state index is 13.3. The standard InChI is InChI=1S/2C40H71NO11.C28H63B4N7O7/c2*1-7-8-9-10-11-12-13-14-15-16-17-18-19-20-21-22-23-24-25-26-27-28-29-41-40(47)39(52-35(6)46)38(51-34(5)45)37(50-33(4)44)36(49-32(3)43)30-48-31(2)42;1-24(40)34-21-27(37-25(2)41)28(42)33-16-10-8-7-9-15-26(22-38(31(5)45)19-13-11-17-35-29(3)43)23-39(32(6)46)20-14-12-18-36-30(4)44/h2*36-39H,7-30H2,1-6H3,(H,41,47);26-27,35-36,43-46H,7-23H2,1-6H3,(H,33,42)(H,34,40)(H,37,41)/t36-,37?,38-,39?;36-,37+,38-,39+;/m10./s1. The predicted octanol–water partition coefficient (Wildman–Crippen LogP) is 15.1. The van der Waals surface area contributed by atoms with Gasteiger partial charge in [-0.1, -0.05) is 303 Å². The van der Waals surface area contributed by atoms with Gasteiger partial charge in [0.25, 0.3) is 11.8 Å². The molecule has 0 aliphatic heterocycles. The fourth-order valence-electron chi connectivity index (χ4n) is 17.5. The molecule has 0 aliphatic carbocycles. The Morgan fingerprint density at radius 3 is 0.733 bits per heavy atom. The van der Waals surface area contributed by atoms with Crippen LogP contribution in [0.25, 0.3) is 0 Å². The van der Waals surface area contributed by atoms with Gasteiger partial charge in [0.05, 0.1) is 0 Å². The highest BCUT2D eigenvalue weighted by Gasteiger charge is 2.49. The first-order valence-electron chi connectivity index (χ1n) is 57.2. The molecule has 0 spiro atoms. The summed E-state index contributed by atoms with van der Waals surface area (Å²) in [5, 5.41) is 59.4. The lowest BCUT2D eigenvalue weighted by Crippen LogP contribution is -2.57. The molecule has 0 saturated carbocycles. The summed E-state index contributed by atoms with van der Waals surface area (Å²) in [6.07, 6.45) is 50.8. The molecule has 150 heavy (non-hydrogen) atoms. The number of amides is 5. The predicted molar refractivity (Wildman–Crippen MR) is 587 cm³/mol. The summed E-state index contributed by atoms with van der Waals surface area (Å²) in [5.74, 6) is -10.7. The fraction of sp³-hybridized carbons (Fsp3) is 0.861. The van der Waals surface area contributed by atoms with Gasteiger partial charge >= 0.3 is 87.9 Å². The van der Waals surface area contributed by atoms with Crippen LogP contribution in [0.4, 0.5) is 0 Å². The van der Waals surface area contributed by atoms with Crippen molar-refractivity contribution in [2.75, 3.05) is 78.7 Å². The van der Waals surface area contributed by atoms with E-state index in [-0.39, 0.29) is 43.3 Å². The second-order valence-corrected chi connectivity index (χ2v) is 40.2. The lowest BCUT2D eigenvalue weighted by Gasteiger charge is -2.34. The molecule has 0 bridgehead atoms. The maximum absolute atomic E-state index is 13.3. The summed E-state index contributed by atoms with van der Waals surface area (Å²) < 4.78 is 52.2. The minimum atomic E-state index is -1.76. The normalized spacial score (nSPS) is 12.9. The molecule has 0 aliphatic rings. The second-order valence-electron chi connectivity index (χ2n) is 40.2. The van der Waals surface area contributed by atoms with Crippen molar-refractivity contribution in [1.82, 2.24) is 46.7 Å². The Bertz CT molecular complexity index is 3350. The highest BCUT2D eigenvalue weighted by atomic mass is 16.7. The summed E-state index contributed by atoms with van der Waals surface area (Å²) in [7, 11) is -2.29. The van der Waals surface area contributed by atoms with E-state index in [4.69, 9.17) is 47.4 Å². The van der Waals surface area contributed by atoms with Gasteiger partial charge in [-0.25, -0.2) is 0 Å². The molecule has 5 amide bonds. The molecule has 11 N–H and O–H groups in total. The third-order valence-electron chi connectivity index (χ3n) is 25.2. The van der Waals surface area contributed by atoms with Crippen molar-refractivity contribution in [3.63, 3.8) is 0 Å². The van der Waals surface area contributed by atoms with Crippen LogP contribution in [-0.2, 0) is 119 Å². The van der Waals surface area contributed by atoms with E-state index in [1.54, 1.807) is 27.3 Å². The van der Waals surface area contributed by atoms with E-state index in [1.165, 1.54) is 245 Å². The molecule has 0 aromatic heterocycles. The Labute approximate surface area is 902 Å². The fourth-order valence-corrected chi connectivity index (χ4v) is 17.5. The molecular formula is C108H205B4N9O29. The van der Waals surface area contributed by atoms with E-state index in [0.29, 0.717) is 45.6 Å². The Morgan fingerprint density at radius 2 is 0.500 bits per heavy atom. The van der Waals surface area contributed by atoms with E-state index >= 15 is 0 Å². The summed E-state index contributed by atoms with van der Waals surface area (Å²) >= 11 is 0. The SMILES string of the molecule is CB(O)NCCCCN(CC(CCCCCCNC(=O)C(CNC(C)=O)NC(C)=O)CN(CCCCNB(C)O)B(C)O)B(C)O.CCCCCCCCCCCCCCCCCCCCCCCCNC(=O)C(OC(C)=O)[C@H](OC(C)=O)C(OC(C)=O)[C@@H](COC(C)=O)OC(C)=O.CCCCCCCCCCCCCCCCCCCCCCCCNC(=O)[C@H](OC(C)=O)[C@@H](OC(C)=O)[C@H](OC(C)=O)[C@H](COC(C)=O)OC(C)=O. The van der Waals surface area contributed by atoms with Crippen LogP contribution < -0.4 is 37.0 Å². The number of rotatable bonds is 95. The number of ether oxygens (including phenoxy) is 10. The lowest BCUT2D eigenvalue weighted by molar-refractivity contribution is -0.203. The third kappa shape index (κ3) is 92.5. The van der Waals surface area contributed by atoms with E-state index in [1.807, 2.05) is 0 Å². The number of hydrogen-bond acceptors (Lipinski definition) is 33. The smallest absolute Gasteiger partial charge is 0.376 e. The Hall–Kier alpha value is -8.01. The summed E-state index contributed by atoms with van der Waals surface area (Å²) in [6, 6.07) is -0.820. The second kappa shape index (κ2) is 99.1. The zero-order chi connectivity index (χ0) is 113. The van der Waals surface area contributed by atoms with Crippen LogP contribution in [0.5, 0.6) is 0 Å². The molecular weight excluding hydrogens is 1930 g/mol. The van der Waals surface area contributed by atoms with Crippen LogP contribution in [0.3, 0.4) is 0 Å². The van der Waals surface area contributed by atoms with Crippen LogP contribution in [0.1, 0.15) is 437 Å². The molecule has 42 heteroatoms. The Balaban J connectivity index is -0.00000217. The molecule has 0 aromatic rings. The molecule has 0 aromatic carbocycles. The minimum absolute atomic E-state index is 0.0343. The van der Waals surface area contributed by atoms with Gasteiger partial charge in [0.15, 0.2) is 36.6 Å². The summed E-state index contributed by atoms with van der Waals surface area (Å²) in [6.45, 7) is 29.0. The first-order valence-corrected chi connectivity index (χ1v) is 57.2. The van der Waals surface area contributed by atoms with Gasteiger partial charge in [0.1, 0.15) is 19.3 Å². The van der Waals surface area contributed by atoms with Crippen molar-refractivity contribution >= 4 is 117 Å². The molecule has 868 valence electrons. The number of nitrogens with one attached hydrogen (secondary N) is 7. The van der Waals surface area contributed by atoms with Gasteiger partial charge in [-0.15, -0.1) is 0 Å². The first-order chi connectivity index (χ1) is 71.5. The maximum Gasteiger partial charge on any atom is 0.376 e. The number of carbonyl (C=O) groups is 15. The van der Waals surface area contributed by atoms with E-state index in [0.717, 1.165) is 179 Å². The monoisotopic (exact) mass is 2140 g/mol. The average Bonchev–Trinajstić information content (AvgIpc) is 0.820. The first kappa shape index (κ1) is 146. The van der Waals surface area contributed by atoms with Gasteiger partial charge < -0.3 is 114 Å². The third-order valence-corrected chi connectivity index (χ3v) is 25.2. The zero-order valence-corrected chi connectivity index (χ0v) is 95.9. The molecule has 9 atom stereocenters. The van der Waals surface area contributed by atoms with Crippen molar-refractivity contribution in [3.8, 4) is 0 Å². The number of unbranched alkanes of at least 4 members (excludes halogenated alkanes) is 47. The summed E-state index contributed by atoms with van der Waals surface area (Å²) in [5.41, 5.74) is 0. The van der Waals surface area contributed by atoms with Gasteiger partial charge in [-0.3, -0.25) is 71.9 Å². The highest BCUT2D eigenvalue weighted by Crippen LogP contribution is 2.26. The van der Waals surface area contributed by atoms with Crippen LogP contribution >= 0.6 is 0 Å². The number of nitrogens with zero attached hydrogens (tertiary/aromatic N) is 2. The Morgan fingerprint density at radius 1 is 0.260 bits per heavy atom. The van der Waals surface area contributed by atoms with Crippen molar-refractivity contribution < 1.29 is 139 Å². The topological polar surface area (TPSA) is 520 Å². The average molecular weight is 2140 g/mol. The zero-order valence-electron chi connectivity index (χ0n) is 95.9. The van der Waals surface area contributed by atoms with Gasteiger partial charge in [-0.2, -0.15) is 0 Å². The summed E-state index contributed by atoms with van der Waals surface area (Å²) in [4.78, 5) is 185. The van der Waals surface area contributed by atoms with Crippen LogP contribution in [0.2, 0.25) is 27.3 Å². The van der Waals surface area contributed by atoms with Crippen molar-refractivity contribution in [2.24, 2.45) is 5.92 Å². The number of hydrogen-bond donors (Lipinski definition) is 11. The molecule has 38 nitrogen and oxygen atoms in total. The lowest BCUT2D eigenvalue weighted by atomic mass is 9.80. The van der Waals surface area contributed by atoms with Crippen molar-refractivity contribution in [1.29, 1.82) is 0 Å². The van der Waals surface area contributed by atoms with Gasteiger partial charge in [0.2, 0.25) is 29.9 Å². The van der Waals surface area contributed by atoms with Crippen LogP contribution in [0.15, 0.2) is 0 Å². The van der Waals surface area contributed by atoms with Crippen molar-refractivity contribution in [3.05, 3.63) is 0 Å². The van der Waals surface area contributed by atoms with Crippen LogP contribution in [-0.4, -0.2) is 281 Å². The van der Waals surface area contributed by atoms with E-state index < -0.39 is 168 Å². The molecule has 3 unspecified atom stereocenters. The minimum Gasteiger partial charge on any atom is -0.462 e. The molecule has 0 rings (SSSR count). The van der Waals surface area contributed by atoms with Crippen LogP contribution in [0, 0.1) is 5.92 Å². The van der Waals surface area contributed by atoms with Gasteiger partial charge in [-0.05, 0) is 124 Å². The molecule has 0 saturated heterocycles. The molecule has 0 heterocycles. The van der Waals surface area contributed by atoms with Gasteiger partial charge in [0, 0.05) is 109 Å². The van der Waals surface area contributed by atoms with E-state index in [9.17, 15) is 92.0 Å². The van der Waals surface area contributed by atoms with Crippen molar-refractivity contribution in [2.45, 2.75) is 519 Å².